The van der Waals surface area contributed by atoms with Crippen LogP contribution in [0.1, 0.15) is 43.8 Å². The van der Waals surface area contributed by atoms with Gasteiger partial charge in [0.25, 0.3) is 0 Å². The SMILES string of the molecule is CCCNCc1cc(CN2CCOC(CC)C2)oc1C. The summed E-state index contributed by atoms with van der Waals surface area (Å²) >= 11 is 0. The maximum absolute atomic E-state index is 5.89. The van der Waals surface area contributed by atoms with E-state index in [1.807, 2.05) is 0 Å². The van der Waals surface area contributed by atoms with Crippen molar-refractivity contribution in [2.24, 2.45) is 0 Å². The van der Waals surface area contributed by atoms with E-state index in [4.69, 9.17) is 9.15 Å². The summed E-state index contributed by atoms with van der Waals surface area (Å²) in [4.78, 5) is 2.43. The zero-order valence-electron chi connectivity index (χ0n) is 13.1. The lowest BCUT2D eigenvalue weighted by atomic mass is 10.2. The Morgan fingerprint density at radius 3 is 3.00 bits per heavy atom. The summed E-state index contributed by atoms with van der Waals surface area (Å²) in [6.45, 7) is 12.1. The number of rotatable bonds is 7. The van der Waals surface area contributed by atoms with E-state index in [2.05, 4.69) is 37.1 Å². The predicted molar refractivity (Wildman–Crippen MR) is 80.8 cm³/mol. The number of morpholine rings is 1. The molecule has 0 radical (unpaired) electrons. The molecule has 0 bridgehead atoms. The van der Waals surface area contributed by atoms with Gasteiger partial charge in [-0.2, -0.15) is 0 Å². The fourth-order valence-corrected chi connectivity index (χ4v) is 2.63. The van der Waals surface area contributed by atoms with Crippen LogP contribution < -0.4 is 5.32 Å². The first-order chi connectivity index (χ1) is 9.72. The Morgan fingerprint density at radius 2 is 2.25 bits per heavy atom. The predicted octanol–water partition coefficient (Wildman–Crippen LogP) is 2.70. The molecular formula is C16H28N2O2. The zero-order valence-corrected chi connectivity index (χ0v) is 13.1. The number of hydrogen-bond donors (Lipinski definition) is 1. The van der Waals surface area contributed by atoms with Crippen LogP contribution in [0.5, 0.6) is 0 Å². The van der Waals surface area contributed by atoms with E-state index in [1.165, 1.54) is 5.56 Å². The van der Waals surface area contributed by atoms with Crippen LogP contribution in [0.15, 0.2) is 10.5 Å². The smallest absolute Gasteiger partial charge is 0.118 e. The first kappa shape index (κ1) is 15.5. The first-order valence-corrected chi connectivity index (χ1v) is 7.85. The summed E-state index contributed by atoms with van der Waals surface area (Å²) in [6.07, 6.45) is 2.63. The molecule has 1 aromatic heterocycles. The molecule has 1 saturated heterocycles. The third kappa shape index (κ3) is 4.33. The van der Waals surface area contributed by atoms with E-state index in [0.29, 0.717) is 6.10 Å². The van der Waals surface area contributed by atoms with E-state index < -0.39 is 0 Å². The van der Waals surface area contributed by atoms with Crippen LogP contribution >= 0.6 is 0 Å². The maximum Gasteiger partial charge on any atom is 0.118 e. The highest BCUT2D eigenvalue weighted by Gasteiger charge is 2.20. The minimum absolute atomic E-state index is 0.380. The highest BCUT2D eigenvalue weighted by atomic mass is 16.5. The molecule has 4 nitrogen and oxygen atoms in total. The van der Waals surface area contributed by atoms with Gasteiger partial charge in [0.2, 0.25) is 0 Å². The van der Waals surface area contributed by atoms with E-state index in [1.54, 1.807) is 0 Å². The maximum atomic E-state index is 5.89. The van der Waals surface area contributed by atoms with Crippen LogP contribution in [0.3, 0.4) is 0 Å². The molecule has 0 aromatic carbocycles. The molecule has 114 valence electrons. The monoisotopic (exact) mass is 280 g/mol. The molecule has 1 N–H and O–H groups in total. The van der Waals surface area contributed by atoms with Gasteiger partial charge in [-0.05, 0) is 32.4 Å². The first-order valence-electron chi connectivity index (χ1n) is 7.85. The van der Waals surface area contributed by atoms with Gasteiger partial charge in [-0.3, -0.25) is 4.90 Å². The number of ether oxygens (including phenoxy) is 1. The molecule has 1 unspecified atom stereocenters. The Morgan fingerprint density at radius 1 is 1.40 bits per heavy atom. The van der Waals surface area contributed by atoms with E-state index in [9.17, 15) is 0 Å². The summed E-state index contributed by atoms with van der Waals surface area (Å²) in [7, 11) is 0. The Hall–Kier alpha value is -0.840. The van der Waals surface area contributed by atoms with Crippen LogP contribution in [-0.4, -0.2) is 37.2 Å². The fraction of sp³-hybridized carbons (Fsp3) is 0.750. The van der Waals surface area contributed by atoms with Crippen molar-refractivity contribution in [3.05, 3.63) is 23.2 Å². The molecule has 1 aliphatic rings. The van der Waals surface area contributed by atoms with Gasteiger partial charge in [-0.15, -0.1) is 0 Å². The molecule has 0 saturated carbocycles. The van der Waals surface area contributed by atoms with Crippen LogP contribution in [0.25, 0.3) is 0 Å². The highest BCUT2D eigenvalue weighted by molar-refractivity contribution is 5.20. The molecule has 4 heteroatoms. The second-order valence-corrected chi connectivity index (χ2v) is 5.61. The normalized spacial score (nSPS) is 20.4. The molecule has 20 heavy (non-hydrogen) atoms. The van der Waals surface area contributed by atoms with E-state index in [0.717, 1.165) is 63.7 Å². The van der Waals surface area contributed by atoms with Gasteiger partial charge in [0, 0.05) is 25.2 Å². The van der Waals surface area contributed by atoms with Gasteiger partial charge in [-0.25, -0.2) is 0 Å². The number of nitrogens with one attached hydrogen (secondary N) is 1. The molecule has 1 aromatic rings. The number of aryl methyl sites for hydroxylation is 1. The van der Waals surface area contributed by atoms with Crippen LogP contribution in [-0.2, 0) is 17.8 Å². The minimum atomic E-state index is 0.380. The lowest BCUT2D eigenvalue weighted by molar-refractivity contribution is -0.0342. The molecule has 0 aliphatic carbocycles. The molecular weight excluding hydrogens is 252 g/mol. The van der Waals surface area contributed by atoms with Crippen molar-refractivity contribution in [3.63, 3.8) is 0 Å². The number of furan rings is 1. The molecule has 1 atom stereocenters. The Bertz CT molecular complexity index is 403. The van der Waals surface area contributed by atoms with E-state index >= 15 is 0 Å². The summed E-state index contributed by atoms with van der Waals surface area (Å²) in [5.41, 5.74) is 1.29. The lowest BCUT2D eigenvalue weighted by Crippen LogP contribution is -2.41. The van der Waals surface area contributed by atoms with Gasteiger partial charge in [-0.1, -0.05) is 13.8 Å². The molecule has 1 fully saturated rings. The van der Waals surface area contributed by atoms with Crippen LogP contribution in [0.2, 0.25) is 0 Å². The fourth-order valence-electron chi connectivity index (χ4n) is 2.63. The van der Waals surface area contributed by atoms with Crippen molar-refractivity contribution in [2.45, 2.75) is 52.8 Å². The van der Waals surface area contributed by atoms with Gasteiger partial charge >= 0.3 is 0 Å². The zero-order chi connectivity index (χ0) is 14.4. The largest absolute Gasteiger partial charge is 0.465 e. The second-order valence-electron chi connectivity index (χ2n) is 5.61. The van der Waals surface area contributed by atoms with Gasteiger partial charge in [0.15, 0.2) is 0 Å². The van der Waals surface area contributed by atoms with Gasteiger partial charge < -0.3 is 14.5 Å². The number of hydrogen-bond acceptors (Lipinski definition) is 4. The van der Waals surface area contributed by atoms with Gasteiger partial charge in [0.05, 0.1) is 19.3 Å². The molecule has 2 rings (SSSR count). The van der Waals surface area contributed by atoms with Crippen molar-refractivity contribution in [1.29, 1.82) is 0 Å². The van der Waals surface area contributed by atoms with Crippen molar-refractivity contribution >= 4 is 0 Å². The second kappa shape index (κ2) is 7.81. The Kier molecular flexibility index (Phi) is 6.07. The summed E-state index contributed by atoms with van der Waals surface area (Å²) < 4.78 is 11.6. The standard InChI is InChI=1S/C16H28N2O2/c1-4-6-17-10-14-9-16(20-13(14)3)12-18-7-8-19-15(5-2)11-18/h9,15,17H,4-8,10-12H2,1-3H3. The quantitative estimate of drug-likeness (QED) is 0.779. The molecule has 1 aliphatic heterocycles. The van der Waals surface area contributed by atoms with Crippen LogP contribution in [0, 0.1) is 6.92 Å². The Balaban J connectivity index is 1.87. The van der Waals surface area contributed by atoms with Crippen molar-refractivity contribution < 1.29 is 9.15 Å². The minimum Gasteiger partial charge on any atom is -0.465 e. The lowest BCUT2D eigenvalue weighted by Gasteiger charge is -2.31. The van der Waals surface area contributed by atoms with Crippen molar-refractivity contribution in [2.75, 3.05) is 26.2 Å². The summed E-state index contributed by atoms with van der Waals surface area (Å²) in [6, 6.07) is 2.20. The summed E-state index contributed by atoms with van der Waals surface area (Å²) in [5.74, 6) is 2.12. The average Bonchev–Trinajstić information content (AvgIpc) is 2.79. The third-order valence-corrected chi connectivity index (χ3v) is 3.87. The van der Waals surface area contributed by atoms with Crippen molar-refractivity contribution in [3.8, 4) is 0 Å². The Labute approximate surface area is 122 Å². The summed E-state index contributed by atoms with van der Waals surface area (Å²) in [5, 5.41) is 3.43. The highest BCUT2D eigenvalue weighted by Crippen LogP contribution is 2.18. The third-order valence-electron chi connectivity index (χ3n) is 3.87. The topological polar surface area (TPSA) is 37.6 Å². The van der Waals surface area contributed by atoms with E-state index in [-0.39, 0.29) is 0 Å². The van der Waals surface area contributed by atoms with Gasteiger partial charge in [0.1, 0.15) is 11.5 Å². The van der Waals surface area contributed by atoms with Crippen LogP contribution in [0.4, 0.5) is 0 Å². The molecule has 2 heterocycles. The van der Waals surface area contributed by atoms with Crippen molar-refractivity contribution in [1.82, 2.24) is 10.2 Å². The molecule has 0 amide bonds. The average molecular weight is 280 g/mol. The number of nitrogens with zero attached hydrogens (tertiary/aromatic N) is 1. The molecule has 0 spiro atoms.